The van der Waals surface area contributed by atoms with Gasteiger partial charge in [0, 0.05) is 52.1 Å². The third-order valence-corrected chi connectivity index (χ3v) is 4.98. The first-order chi connectivity index (χ1) is 10.5. The highest BCUT2D eigenvalue weighted by Crippen LogP contribution is 2.20. The third-order valence-electron chi connectivity index (χ3n) is 4.98. The van der Waals surface area contributed by atoms with Gasteiger partial charge in [-0.25, -0.2) is 0 Å². The number of hydrogen-bond donors (Lipinski definition) is 1. The van der Waals surface area contributed by atoms with Gasteiger partial charge in [0.05, 0.1) is 0 Å². The van der Waals surface area contributed by atoms with Gasteiger partial charge in [-0.2, -0.15) is 0 Å². The highest BCUT2D eigenvalue weighted by atomic mass is 16.2. The number of hydrogen-bond acceptors (Lipinski definition) is 3. The van der Waals surface area contributed by atoms with Gasteiger partial charge in [-0.3, -0.25) is 9.59 Å². The molecule has 2 amide bonds. The largest absolute Gasteiger partial charge is 0.355 e. The highest BCUT2D eigenvalue weighted by Gasteiger charge is 2.26. The molecule has 0 aromatic heterocycles. The average Bonchev–Trinajstić information content (AvgIpc) is 2.46. The summed E-state index contributed by atoms with van der Waals surface area (Å²) < 4.78 is 0. The van der Waals surface area contributed by atoms with Crippen molar-refractivity contribution in [1.29, 1.82) is 0 Å². The first-order valence-corrected chi connectivity index (χ1v) is 8.71. The van der Waals surface area contributed by atoms with Gasteiger partial charge in [-0.1, -0.05) is 13.8 Å². The van der Waals surface area contributed by atoms with Crippen LogP contribution in [0.2, 0.25) is 0 Å². The number of likely N-dealkylation sites (tertiary alicyclic amines) is 2. The topological polar surface area (TPSA) is 52.7 Å². The van der Waals surface area contributed by atoms with Crippen molar-refractivity contribution in [2.75, 3.05) is 39.3 Å². The number of nitrogens with one attached hydrogen (secondary N) is 1. The second kappa shape index (κ2) is 7.95. The molecule has 0 saturated carbocycles. The van der Waals surface area contributed by atoms with Gasteiger partial charge in [-0.05, 0) is 31.1 Å². The molecule has 0 radical (unpaired) electrons. The Morgan fingerprint density at radius 2 is 1.68 bits per heavy atom. The van der Waals surface area contributed by atoms with Crippen molar-refractivity contribution in [1.82, 2.24) is 15.1 Å². The molecule has 0 unspecified atom stereocenters. The molecule has 2 fully saturated rings. The summed E-state index contributed by atoms with van der Waals surface area (Å²) in [6.45, 7) is 11.6. The minimum absolute atomic E-state index is 0.0785. The Labute approximate surface area is 134 Å². The van der Waals surface area contributed by atoms with Crippen LogP contribution in [-0.2, 0) is 9.59 Å². The lowest BCUT2D eigenvalue weighted by Crippen LogP contribution is -2.45. The van der Waals surface area contributed by atoms with E-state index in [0.717, 1.165) is 50.9 Å². The van der Waals surface area contributed by atoms with Crippen LogP contribution in [0.25, 0.3) is 0 Å². The quantitative estimate of drug-likeness (QED) is 0.852. The monoisotopic (exact) mass is 309 g/mol. The normalized spacial score (nSPS) is 27.7. The molecule has 0 aromatic carbocycles. The van der Waals surface area contributed by atoms with E-state index in [9.17, 15) is 9.59 Å². The molecule has 2 saturated heterocycles. The van der Waals surface area contributed by atoms with Gasteiger partial charge in [0.2, 0.25) is 11.8 Å². The molecule has 2 rings (SSSR count). The van der Waals surface area contributed by atoms with Crippen LogP contribution < -0.4 is 5.32 Å². The Morgan fingerprint density at radius 3 is 2.23 bits per heavy atom. The first-order valence-electron chi connectivity index (χ1n) is 8.71. The van der Waals surface area contributed by atoms with Crippen LogP contribution in [0.5, 0.6) is 0 Å². The van der Waals surface area contributed by atoms with Gasteiger partial charge in [0.1, 0.15) is 0 Å². The Hall–Kier alpha value is -1.10. The summed E-state index contributed by atoms with van der Waals surface area (Å²) in [6, 6.07) is 0. The molecule has 2 aliphatic heterocycles. The summed E-state index contributed by atoms with van der Waals surface area (Å²) in [5.41, 5.74) is 0. The van der Waals surface area contributed by atoms with E-state index in [1.54, 1.807) is 6.92 Å². The number of nitrogens with zero attached hydrogens (tertiary/aromatic N) is 2. The summed E-state index contributed by atoms with van der Waals surface area (Å²) >= 11 is 0. The fourth-order valence-electron chi connectivity index (χ4n) is 3.91. The van der Waals surface area contributed by atoms with E-state index >= 15 is 0 Å². The van der Waals surface area contributed by atoms with Crippen LogP contribution in [0.1, 0.15) is 40.0 Å². The van der Waals surface area contributed by atoms with E-state index in [1.165, 1.54) is 6.42 Å². The number of piperidine rings is 2. The SMILES string of the molecule is CC(=O)N1CCC(C(=O)NCCN2C[C@@H](C)C[C@H](C)C2)CC1. The summed E-state index contributed by atoms with van der Waals surface area (Å²) in [4.78, 5) is 27.8. The summed E-state index contributed by atoms with van der Waals surface area (Å²) in [5.74, 6) is 1.88. The molecule has 0 aromatic rings. The van der Waals surface area contributed by atoms with Crippen LogP contribution >= 0.6 is 0 Å². The lowest BCUT2D eigenvalue weighted by atomic mass is 9.92. The predicted octanol–water partition coefficient (Wildman–Crippen LogP) is 1.34. The maximum absolute atomic E-state index is 12.2. The second-order valence-corrected chi connectivity index (χ2v) is 7.28. The zero-order chi connectivity index (χ0) is 16.1. The predicted molar refractivity (Wildman–Crippen MR) is 87.4 cm³/mol. The molecule has 2 heterocycles. The minimum Gasteiger partial charge on any atom is -0.355 e. The van der Waals surface area contributed by atoms with Gasteiger partial charge < -0.3 is 15.1 Å². The molecule has 0 bridgehead atoms. The van der Waals surface area contributed by atoms with E-state index < -0.39 is 0 Å². The van der Waals surface area contributed by atoms with Crippen LogP contribution in [0.3, 0.4) is 0 Å². The molecule has 126 valence electrons. The van der Waals surface area contributed by atoms with Crippen LogP contribution in [-0.4, -0.2) is 60.9 Å². The van der Waals surface area contributed by atoms with Crippen molar-refractivity contribution in [2.45, 2.75) is 40.0 Å². The van der Waals surface area contributed by atoms with Crippen molar-refractivity contribution < 1.29 is 9.59 Å². The molecule has 2 aliphatic rings. The number of rotatable bonds is 4. The van der Waals surface area contributed by atoms with Gasteiger partial charge in [-0.15, -0.1) is 0 Å². The number of carbonyl (C=O) groups is 2. The molecule has 5 heteroatoms. The molecular formula is C17H31N3O2. The zero-order valence-corrected chi connectivity index (χ0v) is 14.3. The molecule has 22 heavy (non-hydrogen) atoms. The van der Waals surface area contributed by atoms with Crippen LogP contribution in [0, 0.1) is 17.8 Å². The second-order valence-electron chi connectivity index (χ2n) is 7.28. The Bertz CT molecular complexity index is 381. The van der Waals surface area contributed by atoms with E-state index in [2.05, 4.69) is 24.1 Å². The van der Waals surface area contributed by atoms with E-state index in [4.69, 9.17) is 0 Å². The maximum Gasteiger partial charge on any atom is 0.223 e. The Balaban J connectivity index is 1.65. The van der Waals surface area contributed by atoms with Crippen molar-refractivity contribution in [3.8, 4) is 0 Å². The first kappa shape index (κ1) is 17.3. The lowest BCUT2D eigenvalue weighted by Gasteiger charge is -2.35. The lowest BCUT2D eigenvalue weighted by molar-refractivity contribution is -0.133. The highest BCUT2D eigenvalue weighted by molar-refractivity contribution is 5.79. The smallest absolute Gasteiger partial charge is 0.223 e. The number of amides is 2. The maximum atomic E-state index is 12.2. The van der Waals surface area contributed by atoms with Crippen molar-refractivity contribution >= 4 is 11.8 Å². The van der Waals surface area contributed by atoms with Gasteiger partial charge >= 0.3 is 0 Å². The Kier molecular flexibility index (Phi) is 6.24. The van der Waals surface area contributed by atoms with Crippen molar-refractivity contribution in [2.24, 2.45) is 17.8 Å². The third kappa shape index (κ3) is 4.97. The molecular weight excluding hydrogens is 278 g/mol. The average molecular weight is 309 g/mol. The van der Waals surface area contributed by atoms with Crippen LogP contribution in [0.4, 0.5) is 0 Å². The summed E-state index contributed by atoms with van der Waals surface area (Å²) in [6.07, 6.45) is 2.91. The fraction of sp³-hybridized carbons (Fsp3) is 0.882. The van der Waals surface area contributed by atoms with Crippen LogP contribution in [0.15, 0.2) is 0 Å². The molecule has 0 spiro atoms. The zero-order valence-electron chi connectivity index (χ0n) is 14.3. The standard InChI is InChI=1S/C17H31N3O2/c1-13-10-14(2)12-19(11-13)9-6-18-17(22)16-4-7-20(8-5-16)15(3)21/h13-14,16H,4-12H2,1-3H3,(H,18,22)/t13-,14-/m0/s1. The van der Waals surface area contributed by atoms with E-state index in [1.807, 2.05) is 4.90 Å². The molecule has 0 aliphatic carbocycles. The molecule has 5 nitrogen and oxygen atoms in total. The fourth-order valence-corrected chi connectivity index (χ4v) is 3.91. The van der Waals surface area contributed by atoms with E-state index in [-0.39, 0.29) is 17.7 Å². The van der Waals surface area contributed by atoms with Crippen molar-refractivity contribution in [3.05, 3.63) is 0 Å². The summed E-state index contributed by atoms with van der Waals surface area (Å²) in [7, 11) is 0. The van der Waals surface area contributed by atoms with Gasteiger partial charge in [0.25, 0.3) is 0 Å². The van der Waals surface area contributed by atoms with Crippen molar-refractivity contribution in [3.63, 3.8) is 0 Å². The number of carbonyl (C=O) groups excluding carboxylic acids is 2. The van der Waals surface area contributed by atoms with Gasteiger partial charge in [0.15, 0.2) is 0 Å². The van der Waals surface area contributed by atoms with E-state index in [0.29, 0.717) is 13.1 Å². The molecule has 2 atom stereocenters. The minimum atomic E-state index is 0.0785. The Morgan fingerprint density at radius 1 is 1.09 bits per heavy atom. The summed E-state index contributed by atoms with van der Waals surface area (Å²) in [5, 5.41) is 3.09. The molecule has 1 N–H and O–H groups in total.